The van der Waals surface area contributed by atoms with Crippen LogP contribution in [0.15, 0.2) is 6.20 Å². The second-order valence-corrected chi connectivity index (χ2v) is 8.10. The third-order valence-corrected chi connectivity index (χ3v) is 6.06. The Kier molecular flexibility index (Phi) is 5.28. The van der Waals surface area contributed by atoms with Gasteiger partial charge in [0.05, 0.1) is 6.20 Å². The summed E-state index contributed by atoms with van der Waals surface area (Å²) in [6.45, 7) is 5.31. The van der Waals surface area contributed by atoms with Crippen LogP contribution in [0.1, 0.15) is 69.0 Å². The smallest absolute Gasteiger partial charge is 0.222 e. The van der Waals surface area contributed by atoms with Gasteiger partial charge in [0.15, 0.2) is 0 Å². The summed E-state index contributed by atoms with van der Waals surface area (Å²) < 4.78 is 0. The molecule has 1 saturated carbocycles. The monoisotopic (exact) mass is 332 g/mol. The van der Waals surface area contributed by atoms with Crippen LogP contribution in [0.3, 0.4) is 0 Å². The van der Waals surface area contributed by atoms with Crippen molar-refractivity contribution in [2.45, 2.75) is 64.3 Å². The van der Waals surface area contributed by atoms with E-state index in [-0.39, 0.29) is 5.41 Å². The van der Waals surface area contributed by atoms with Gasteiger partial charge in [-0.1, -0.05) is 13.3 Å². The van der Waals surface area contributed by atoms with Gasteiger partial charge in [-0.05, 0) is 51.1 Å². The highest BCUT2D eigenvalue weighted by atomic mass is 16.2. The summed E-state index contributed by atoms with van der Waals surface area (Å²) in [6.07, 6.45) is 9.93. The number of aromatic amines is 1. The number of H-pyrrole nitrogens is 1. The molecule has 1 aliphatic heterocycles. The summed E-state index contributed by atoms with van der Waals surface area (Å²) in [5.74, 6) is 0.905. The zero-order valence-electron chi connectivity index (χ0n) is 15.5. The van der Waals surface area contributed by atoms with Crippen LogP contribution in [0.2, 0.25) is 0 Å². The molecule has 2 aliphatic rings. The summed E-state index contributed by atoms with van der Waals surface area (Å²) in [6, 6.07) is 0. The van der Waals surface area contributed by atoms with Crippen LogP contribution in [0, 0.1) is 5.41 Å². The van der Waals surface area contributed by atoms with Gasteiger partial charge < -0.3 is 9.80 Å². The van der Waals surface area contributed by atoms with Crippen molar-refractivity contribution in [2.24, 2.45) is 5.41 Å². The Hall–Kier alpha value is -1.36. The van der Waals surface area contributed by atoms with E-state index in [1.165, 1.54) is 36.9 Å². The Labute approximate surface area is 145 Å². The molecule has 0 unspecified atom stereocenters. The van der Waals surface area contributed by atoms with Crippen LogP contribution in [-0.2, 0) is 11.3 Å². The van der Waals surface area contributed by atoms with E-state index in [1.807, 2.05) is 18.1 Å². The minimum absolute atomic E-state index is 0.250. The Balaban J connectivity index is 1.59. The molecule has 1 amide bonds. The Bertz CT molecular complexity index is 559. The van der Waals surface area contributed by atoms with Crippen LogP contribution in [0.25, 0.3) is 0 Å². The molecule has 1 aliphatic carbocycles. The highest BCUT2D eigenvalue weighted by Gasteiger charge is 2.44. The number of unbranched alkanes of at least 4 members (excludes halogenated alkanes) is 1. The maximum atomic E-state index is 11.9. The molecule has 1 spiro atoms. The van der Waals surface area contributed by atoms with Gasteiger partial charge >= 0.3 is 0 Å². The van der Waals surface area contributed by atoms with E-state index in [1.54, 1.807) is 0 Å². The standard InChI is InChI=1S/C19H32N4O/c1-4-5-10-22(2)13-16-12-20-21-18(16)15-6-8-19(9-7-15)11-17(24)23(3)14-19/h12,15H,4-11,13-14H2,1-3H3,(H,20,21). The number of likely N-dealkylation sites (tertiary alicyclic amines) is 1. The Morgan fingerprint density at radius 1 is 1.42 bits per heavy atom. The first kappa shape index (κ1) is 17.5. The maximum absolute atomic E-state index is 11.9. The summed E-state index contributed by atoms with van der Waals surface area (Å²) in [4.78, 5) is 16.2. The fourth-order valence-electron chi connectivity index (χ4n) is 4.56. The lowest BCUT2D eigenvalue weighted by Gasteiger charge is -2.36. The van der Waals surface area contributed by atoms with Crippen molar-refractivity contribution in [3.8, 4) is 0 Å². The number of rotatable bonds is 6. The molecule has 0 radical (unpaired) electrons. The van der Waals surface area contributed by atoms with Crippen LogP contribution < -0.4 is 0 Å². The van der Waals surface area contributed by atoms with E-state index < -0.39 is 0 Å². The number of hydrogen-bond acceptors (Lipinski definition) is 3. The first-order chi connectivity index (χ1) is 11.5. The molecule has 1 N–H and O–H groups in total. The van der Waals surface area contributed by atoms with Gasteiger partial charge in [-0.2, -0.15) is 5.10 Å². The van der Waals surface area contributed by atoms with Crippen molar-refractivity contribution in [1.29, 1.82) is 0 Å². The summed E-state index contributed by atoms with van der Waals surface area (Å²) >= 11 is 0. The van der Waals surface area contributed by atoms with Crippen LogP contribution >= 0.6 is 0 Å². The van der Waals surface area contributed by atoms with Crippen molar-refractivity contribution in [3.05, 3.63) is 17.5 Å². The second kappa shape index (κ2) is 7.26. The maximum Gasteiger partial charge on any atom is 0.222 e. The van der Waals surface area contributed by atoms with E-state index in [0.29, 0.717) is 11.8 Å². The minimum Gasteiger partial charge on any atom is -0.345 e. The number of nitrogens with one attached hydrogen (secondary N) is 1. The molecule has 0 aromatic carbocycles. The van der Waals surface area contributed by atoms with Crippen molar-refractivity contribution in [3.63, 3.8) is 0 Å². The van der Waals surface area contributed by atoms with Crippen molar-refractivity contribution < 1.29 is 4.79 Å². The van der Waals surface area contributed by atoms with E-state index in [9.17, 15) is 4.79 Å². The highest BCUT2D eigenvalue weighted by molar-refractivity contribution is 5.79. The lowest BCUT2D eigenvalue weighted by atomic mass is 9.69. The Morgan fingerprint density at radius 2 is 2.17 bits per heavy atom. The van der Waals surface area contributed by atoms with Crippen molar-refractivity contribution in [2.75, 3.05) is 27.2 Å². The summed E-state index contributed by atoms with van der Waals surface area (Å²) in [5.41, 5.74) is 2.94. The third kappa shape index (κ3) is 3.66. The highest BCUT2D eigenvalue weighted by Crippen LogP contribution is 2.48. The quantitative estimate of drug-likeness (QED) is 0.870. The second-order valence-electron chi connectivity index (χ2n) is 8.10. The molecule has 24 heavy (non-hydrogen) atoms. The molecule has 1 aromatic heterocycles. The average molecular weight is 332 g/mol. The molecule has 3 rings (SSSR count). The number of carbonyl (C=O) groups excluding carboxylic acids is 1. The molecule has 1 saturated heterocycles. The molecule has 0 atom stereocenters. The van der Waals surface area contributed by atoms with Crippen molar-refractivity contribution >= 4 is 5.91 Å². The molecule has 2 heterocycles. The van der Waals surface area contributed by atoms with Crippen LogP contribution in [0.5, 0.6) is 0 Å². The van der Waals surface area contributed by atoms with E-state index in [4.69, 9.17) is 0 Å². The predicted octanol–water partition coefficient (Wildman–Crippen LogP) is 3.15. The largest absolute Gasteiger partial charge is 0.345 e. The van der Waals surface area contributed by atoms with E-state index >= 15 is 0 Å². The lowest BCUT2D eigenvalue weighted by molar-refractivity contribution is -0.126. The number of hydrogen-bond donors (Lipinski definition) is 1. The predicted molar refractivity (Wildman–Crippen MR) is 95.7 cm³/mol. The number of carbonyl (C=O) groups is 1. The number of amides is 1. The fourth-order valence-corrected chi connectivity index (χ4v) is 4.56. The summed E-state index contributed by atoms with van der Waals surface area (Å²) in [5, 5.41) is 7.61. The van der Waals surface area contributed by atoms with Gasteiger partial charge in [0.2, 0.25) is 5.91 Å². The van der Waals surface area contributed by atoms with Gasteiger partial charge in [0.1, 0.15) is 0 Å². The molecular formula is C19H32N4O. The molecule has 2 fully saturated rings. The molecule has 134 valence electrons. The van der Waals surface area contributed by atoms with Crippen LogP contribution in [-0.4, -0.2) is 53.1 Å². The first-order valence-corrected chi connectivity index (χ1v) is 9.47. The Morgan fingerprint density at radius 3 is 2.79 bits per heavy atom. The fraction of sp³-hybridized carbons (Fsp3) is 0.789. The third-order valence-electron chi connectivity index (χ3n) is 6.06. The SMILES string of the molecule is CCCCN(C)Cc1cn[nH]c1C1CCC2(CC1)CC(=O)N(C)C2. The number of aromatic nitrogens is 2. The zero-order valence-corrected chi connectivity index (χ0v) is 15.5. The molecule has 5 heteroatoms. The van der Waals surface area contributed by atoms with Gasteiger partial charge in [-0.25, -0.2) is 0 Å². The lowest BCUT2D eigenvalue weighted by Crippen LogP contribution is -2.30. The number of nitrogens with zero attached hydrogens (tertiary/aromatic N) is 3. The molecule has 5 nitrogen and oxygen atoms in total. The van der Waals surface area contributed by atoms with E-state index in [2.05, 4.69) is 29.1 Å². The first-order valence-electron chi connectivity index (χ1n) is 9.47. The minimum atomic E-state index is 0.250. The summed E-state index contributed by atoms with van der Waals surface area (Å²) in [7, 11) is 4.14. The van der Waals surface area contributed by atoms with Gasteiger partial charge in [0, 0.05) is 43.7 Å². The van der Waals surface area contributed by atoms with Gasteiger partial charge in [-0.3, -0.25) is 9.89 Å². The zero-order chi connectivity index (χ0) is 17.2. The molecule has 1 aromatic rings. The van der Waals surface area contributed by atoms with Crippen molar-refractivity contribution in [1.82, 2.24) is 20.0 Å². The van der Waals surface area contributed by atoms with E-state index in [0.717, 1.165) is 38.9 Å². The van der Waals surface area contributed by atoms with Crippen LogP contribution in [0.4, 0.5) is 0 Å². The normalized spacial score (nSPS) is 27.6. The topological polar surface area (TPSA) is 52.2 Å². The molecule has 0 bridgehead atoms. The molecular weight excluding hydrogens is 300 g/mol. The van der Waals surface area contributed by atoms with Gasteiger partial charge in [-0.15, -0.1) is 0 Å². The average Bonchev–Trinajstić information content (AvgIpc) is 3.11. The van der Waals surface area contributed by atoms with Gasteiger partial charge in [0.25, 0.3) is 0 Å².